The largest absolute Gasteiger partial charge is 0.291 e. The van der Waals surface area contributed by atoms with Crippen LogP contribution in [0.25, 0.3) is 6.08 Å². The first-order chi connectivity index (χ1) is 8.74. The molecule has 0 aliphatic heterocycles. The average Bonchev–Trinajstić information content (AvgIpc) is 2.39. The maximum Gasteiger partial charge on any atom is 0.250 e. The lowest BCUT2D eigenvalue weighted by Crippen LogP contribution is -2.10. The van der Waals surface area contributed by atoms with Gasteiger partial charge in [-0.05, 0) is 24.6 Å². The molecule has 2 aromatic rings. The van der Waals surface area contributed by atoms with Crippen LogP contribution in [0.4, 0.5) is 5.95 Å². The standard InChI is InChI=1S/C14H13N3O/c1-11-3-5-12(6-4-11)7-8-13(18)17-14-15-9-2-10-16-14/h2-10H,1H3,(H,15,16,17,18). The van der Waals surface area contributed by atoms with Crippen LogP contribution < -0.4 is 5.32 Å². The fourth-order valence-electron chi connectivity index (χ4n) is 1.36. The average molecular weight is 239 g/mol. The molecule has 0 aliphatic carbocycles. The molecule has 90 valence electrons. The zero-order chi connectivity index (χ0) is 12.8. The van der Waals surface area contributed by atoms with Gasteiger partial charge in [-0.15, -0.1) is 0 Å². The first-order valence-electron chi connectivity index (χ1n) is 5.57. The second-order valence-corrected chi connectivity index (χ2v) is 3.81. The molecule has 0 unspecified atom stereocenters. The molecule has 1 N–H and O–H groups in total. The molecule has 0 radical (unpaired) electrons. The zero-order valence-corrected chi connectivity index (χ0v) is 10.00. The minimum atomic E-state index is -0.248. The van der Waals surface area contributed by atoms with Crippen molar-refractivity contribution in [3.63, 3.8) is 0 Å². The summed E-state index contributed by atoms with van der Waals surface area (Å²) in [6.45, 7) is 2.02. The Kier molecular flexibility index (Phi) is 3.81. The number of aryl methyl sites for hydroxylation is 1. The third kappa shape index (κ3) is 3.52. The van der Waals surface area contributed by atoms with Crippen LogP contribution >= 0.6 is 0 Å². The molecule has 0 saturated heterocycles. The van der Waals surface area contributed by atoms with Crippen LogP contribution in [-0.4, -0.2) is 15.9 Å². The van der Waals surface area contributed by atoms with Gasteiger partial charge >= 0.3 is 0 Å². The number of carbonyl (C=O) groups is 1. The van der Waals surface area contributed by atoms with Crippen LogP contribution in [0.1, 0.15) is 11.1 Å². The molecule has 0 saturated carbocycles. The Bertz CT molecular complexity index is 547. The van der Waals surface area contributed by atoms with E-state index in [2.05, 4.69) is 15.3 Å². The molecule has 0 aliphatic rings. The highest BCUT2D eigenvalue weighted by atomic mass is 16.1. The Hall–Kier alpha value is -2.49. The quantitative estimate of drug-likeness (QED) is 0.837. The lowest BCUT2D eigenvalue weighted by Gasteiger charge is -1.98. The molecule has 0 atom stereocenters. The maximum absolute atomic E-state index is 11.6. The Morgan fingerprint density at radius 1 is 1.17 bits per heavy atom. The molecular formula is C14H13N3O. The third-order valence-corrected chi connectivity index (χ3v) is 2.31. The van der Waals surface area contributed by atoms with E-state index in [0.717, 1.165) is 5.56 Å². The van der Waals surface area contributed by atoms with Gasteiger partial charge in [-0.2, -0.15) is 0 Å². The van der Waals surface area contributed by atoms with E-state index in [9.17, 15) is 4.79 Å². The van der Waals surface area contributed by atoms with Gasteiger partial charge in [0, 0.05) is 18.5 Å². The molecule has 0 bridgehead atoms. The summed E-state index contributed by atoms with van der Waals surface area (Å²) >= 11 is 0. The van der Waals surface area contributed by atoms with Gasteiger partial charge in [0.15, 0.2) is 0 Å². The van der Waals surface area contributed by atoms with Gasteiger partial charge in [-0.25, -0.2) is 9.97 Å². The summed E-state index contributed by atoms with van der Waals surface area (Å²) in [6, 6.07) is 9.60. The smallest absolute Gasteiger partial charge is 0.250 e. The highest BCUT2D eigenvalue weighted by Gasteiger charge is 1.98. The lowest BCUT2D eigenvalue weighted by atomic mass is 10.1. The topological polar surface area (TPSA) is 54.9 Å². The number of anilines is 1. The molecule has 18 heavy (non-hydrogen) atoms. The number of amides is 1. The summed E-state index contributed by atoms with van der Waals surface area (Å²) in [5, 5.41) is 2.58. The second kappa shape index (κ2) is 5.72. The van der Waals surface area contributed by atoms with Gasteiger partial charge in [0.2, 0.25) is 5.95 Å². The van der Waals surface area contributed by atoms with Gasteiger partial charge < -0.3 is 0 Å². The predicted octanol–water partition coefficient (Wildman–Crippen LogP) is 2.44. The number of benzene rings is 1. The van der Waals surface area contributed by atoms with Crippen molar-refractivity contribution in [3.8, 4) is 0 Å². The molecule has 2 rings (SSSR count). The first-order valence-corrected chi connectivity index (χ1v) is 5.57. The normalized spacial score (nSPS) is 10.5. The summed E-state index contributed by atoms with van der Waals surface area (Å²) in [7, 11) is 0. The van der Waals surface area contributed by atoms with Gasteiger partial charge in [0.1, 0.15) is 0 Å². The Morgan fingerprint density at radius 2 is 1.83 bits per heavy atom. The second-order valence-electron chi connectivity index (χ2n) is 3.81. The van der Waals surface area contributed by atoms with Crippen molar-refractivity contribution in [3.05, 3.63) is 59.9 Å². The van der Waals surface area contributed by atoms with Crippen molar-refractivity contribution in [2.24, 2.45) is 0 Å². The van der Waals surface area contributed by atoms with Crippen molar-refractivity contribution >= 4 is 17.9 Å². The summed E-state index contributed by atoms with van der Waals surface area (Å²) in [6.07, 6.45) is 6.36. The van der Waals surface area contributed by atoms with Crippen molar-refractivity contribution < 1.29 is 4.79 Å². The van der Waals surface area contributed by atoms with Crippen LogP contribution in [0, 0.1) is 6.92 Å². The minimum absolute atomic E-state index is 0.248. The molecule has 1 aromatic heterocycles. The molecule has 1 aromatic carbocycles. The highest BCUT2D eigenvalue weighted by molar-refractivity contribution is 6.00. The minimum Gasteiger partial charge on any atom is -0.291 e. The molecule has 4 nitrogen and oxygen atoms in total. The Balaban J connectivity index is 1.97. The molecule has 4 heteroatoms. The summed E-state index contributed by atoms with van der Waals surface area (Å²) in [5.74, 6) is 0.0535. The number of nitrogens with one attached hydrogen (secondary N) is 1. The maximum atomic E-state index is 11.6. The van der Waals surface area contributed by atoms with Crippen LogP contribution in [0.2, 0.25) is 0 Å². The molecule has 0 spiro atoms. The monoisotopic (exact) mass is 239 g/mol. The predicted molar refractivity (Wildman–Crippen MR) is 70.9 cm³/mol. The molecular weight excluding hydrogens is 226 g/mol. The van der Waals surface area contributed by atoms with E-state index < -0.39 is 0 Å². The SMILES string of the molecule is Cc1ccc(C=CC(=O)Nc2ncccn2)cc1. The van der Waals surface area contributed by atoms with E-state index in [1.165, 1.54) is 11.6 Å². The van der Waals surface area contributed by atoms with Crippen LogP contribution in [0.5, 0.6) is 0 Å². The van der Waals surface area contributed by atoms with Gasteiger partial charge in [0.25, 0.3) is 5.91 Å². The van der Waals surface area contributed by atoms with Crippen LogP contribution in [-0.2, 0) is 4.79 Å². The van der Waals surface area contributed by atoms with E-state index >= 15 is 0 Å². The van der Waals surface area contributed by atoms with Crippen LogP contribution in [0.15, 0.2) is 48.8 Å². The molecule has 0 fully saturated rings. The van der Waals surface area contributed by atoms with Gasteiger partial charge in [-0.1, -0.05) is 29.8 Å². The van der Waals surface area contributed by atoms with Crippen molar-refractivity contribution in [2.45, 2.75) is 6.92 Å². The summed E-state index contributed by atoms with van der Waals surface area (Å²) in [4.78, 5) is 19.4. The van der Waals surface area contributed by atoms with E-state index in [1.54, 1.807) is 24.5 Å². The van der Waals surface area contributed by atoms with Gasteiger partial charge in [0.05, 0.1) is 0 Å². The fraction of sp³-hybridized carbons (Fsp3) is 0.0714. The number of rotatable bonds is 3. The first kappa shape index (κ1) is 12.0. The molecule has 1 amide bonds. The van der Waals surface area contributed by atoms with E-state index in [-0.39, 0.29) is 5.91 Å². The van der Waals surface area contributed by atoms with Gasteiger partial charge in [-0.3, -0.25) is 10.1 Å². The van der Waals surface area contributed by atoms with Crippen molar-refractivity contribution in [1.29, 1.82) is 0 Å². The van der Waals surface area contributed by atoms with Crippen molar-refractivity contribution in [2.75, 3.05) is 5.32 Å². The summed E-state index contributed by atoms with van der Waals surface area (Å²) in [5.41, 5.74) is 2.17. The number of aromatic nitrogens is 2. The Labute approximate surface area is 105 Å². The highest BCUT2D eigenvalue weighted by Crippen LogP contribution is 2.05. The summed E-state index contributed by atoms with van der Waals surface area (Å²) < 4.78 is 0. The van der Waals surface area contributed by atoms with E-state index in [4.69, 9.17) is 0 Å². The number of hydrogen-bond acceptors (Lipinski definition) is 3. The zero-order valence-electron chi connectivity index (χ0n) is 10.00. The molecule has 1 heterocycles. The number of hydrogen-bond donors (Lipinski definition) is 1. The van der Waals surface area contributed by atoms with E-state index in [0.29, 0.717) is 5.95 Å². The third-order valence-electron chi connectivity index (χ3n) is 2.31. The van der Waals surface area contributed by atoms with E-state index in [1.807, 2.05) is 31.2 Å². The number of carbonyl (C=O) groups excluding carboxylic acids is 1. The van der Waals surface area contributed by atoms with Crippen molar-refractivity contribution in [1.82, 2.24) is 9.97 Å². The number of nitrogens with zero attached hydrogens (tertiary/aromatic N) is 2. The van der Waals surface area contributed by atoms with Crippen LogP contribution in [0.3, 0.4) is 0 Å². The lowest BCUT2D eigenvalue weighted by molar-refractivity contribution is -0.111. The fourth-order valence-corrected chi connectivity index (χ4v) is 1.36. The Morgan fingerprint density at radius 3 is 2.50 bits per heavy atom.